The van der Waals surface area contributed by atoms with E-state index in [1.807, 2.05) is 6.92 Å². The lowest BCUT2D eigenvalue weighted by Crippen LogP contribution is -2.36. The summed E-state index contributed by atoms with van der Waals surface area (Å²) in [6.07, 6.45) is 0. The molecule has 0 saturated heterocycles. The maximum absolute atomic E-state index is 11.9. The summed E-state index contributed by atoms with van der Waals surface area (Å²) in [6.45, 7) is 2.48. The summed E-state index contributed by atoms with van der Waals surface area (Å²) in [5.41, 5.74) is -0.576. The van der Waals surface area contributed by atoms with Crippen molar-refractivity contribution in [1.29, 1.82) is 0 Å². The third kappa shape index (κ3) is 1.24. The van der Waals surface area contributed by atoms with E-state index in [9.17, 15) is 9.59 Å². The molecule has 7 heteroatoms. The molecule has 0 amide bonds. The fourth-order valence-electron chi connectivity index (χ4n) is 1.55. The first-order valence-electron chi connectivity index (χ1n) is 4.87. The minimum Gasteiger partial charge on any atom is -0.354 e. The number of hydrogen-bond donors (Lipinski definition) is 1. The van der Waals surface area contributed by atoms with Crippen molar-refractivity contribution in [3.63, 3.8) is 0 Å². The topological polar surface area (TPSA) is 82.1 Å². The minimum atomic E-state index is -0.422. The second-order valence-electron chi connectivity index (χ2n) is 3.45. The Labute approximate surface area is 90.3 Å². The van der Waals surface area contributed by atoms with Gasteiger partial charge < -0.3 is 9.84 Å². The number of aryl methyl sites for hydroxylation is 1. The molecule has 16 heavy (non-hydrogen) atoms. The predicted octanol–water partition coefficient (Wildman–Crippen LogP) is -0.343. The highest BCUT2D eigenvalue weighted by Gasteiger charge is 2.17. The number of anilines is 1. The summed E-state index contributed by atoms with van der Waals surface area (Å²) in [6, 6.07) is 0. The summed E-state index contributed by atoms with van der Waals surface area (Å²) in [5.74, 6) is 0.300. The van der Waals surface area contributed by atoms with Crippen LogP contribution in [0.15, 0.2) is 14.1 Å². The maximum atomic E-state index is 11.9. The molecule has 0 spiro atoms. The molecule has 1 N–H and O–H groups in total. The van der Waals surface area contributed by atoms with Crippen molar-refractivity contribution < 1.29 is 4.52 Å². The number of nitrogens with zero attached hydrogens (tertiary/aromatic N) is 3. The van der Waals surface area contributed by atoms with Gasteiger partial charge in [-0.3, -0.25) is 13.9 Å². The summed E-state index contributed by atoms with van der Waals surface area (Å²) in [4.78, 5) is 23.5. The van der Waals surface area contributed by atoms with Gasteiger partial charge in [-0.2, -0.15) is 0 Å². The molecule has 2 rings (SSSR count). The number of fused-ring (bicyclic) bond motifs is 1. The first-order valence-corrected chi connectivity index (χ1v) is 4.87. The van der Waals surface area contributed by atoms with E-state index in [0.29, 0.717) is 17.8 Å². The molecule has 0 aliphatic rings. The lowest BCUT2D eigenvalue weighted by Gasteiger charge is -2.02. The molecule has 86 valence electrons. The SMILES string of the molecule is CCNc1onc2c1c(=O)n(C)c(=O)n2C. The lowest BCUT2D eigenvalue weighted by atomic mass is 10.4. The monoisotopic (exact) mass is 224 g/mol. The van der Waals surface area contributed by atoms with Crippen molar-refractivity contribution in [2.45, 2.75) is 6.92 Å². The molecule has 0 aliphatic heterocycles. The van der Waals surface area contributed by atoms with Crippen LogP contribution in [0.4, 0.5) is 5.88 Å². The summed E-state index contributed by atoms with van der Waals surface area (Å²) >= 11 is 0. The van der Waals surface area contributed by atoms with Crippen molar-refractivity contribution in [1.82, 2.24) is 14.3 Å². The van der Waals surface area contributed by atoms with E-state index in [1.165, 1.54) is 11.6 Å². The Morgan fingerprint density at radius 3 is 2.62 bits per heavy atom. The van der Waals surface area contributed by atoms with Gasteiger partial charge in [-0.25, -0.2) is 4.79 Å². The molecule has 0 saturated carbocycles. The third-order valence-electron chi connectivity index (χ3n) is 2.42. The zero-order valence-electron chi connectivity index (χ0n) is 9.27. The van der Waals surface area contributed by atoms with Gasteiger partial charge in [-0.05, 0) is 6.92 Å². The molecule has 0 aliphatic carbocycles. The molecule has 0 fully saturated rings. The zero-order valence-corrected chi connectivity index (χ0v) is 9.27. The largest absolute Gasteiger partial charge is 0.354 e. The number of hydrogen-bond acceptors (Lipinski definition) is 5. The molecule has 0 atom stereocenters. The molecule has 0 unspecified atom stereocenters. The van der Waals surface area contributed by atoms with Crippen LogP contribution >= 0.6 is 0 Å². The van der Waals surface area contributed by atoms with Crippen LogP contribution in [0.2, 0.25) is 0 Å². The Bertz CT molecular complexity index is 649. The quantitative estimate of drug-likeness (QED) is 0.754. The fraction of sp³-hybridized carbons (Fsp3) is 0.444. The maximum Gasteiger partial charge on any atom is 0.332 e. The second-order valence-corrected chi connectivity index (χ2v) is 3.45. The summed E-state index contributed by atoms with van der Waals surface area (Å²) < 4.78 is 7.30. The highest BCUT2D eigenvalue weighted by Crippen LogP contribution is 2.17. The molecule has 0 aromatic carbocycles. The van der Waals surface area contributed by atoms with Gasteiger partial charge in [-0.15, -0.1) is 0 Å². The van der Waals surface area contributed by atoms with E-state index < -0.39 is 11.2 Å². The smallest absolute Gasteiger partial charge is 0.332 e. The number of nitrogens with one attached hydrogen (secondary N) is 1. The van der Waals surface area contributed by atoms with Gasteiger partial charge in [0, 0.05) is 20.6 Å². The minimum absolute atomic E-state index is 0.254. The van der Waals surface area contributed by atoms with Crippen molar-refractivity contribution >= 4 is 16.9 Å². The summed E-state index contributed by atoms with van der Waals surface area (Å²) in [5, 5.41) is 6.90. The lowest BCUT2D eigenvalue weighted by molar-refractivity contribution is 0.437. The standard InChI is InChI=1S/C9H12N4O3/c1-4-10-7-5-6(11-16-7)12(2)9(15)13(3)8(5)14/h10H,4H2,1-3H3. The Morgan fingerprint density at radius 2 is 2.00 bits per heavy atom. The van der Waals surface area contributed by atoms with Gasteiger partial charge in [0.15, 0.2) is 5.65 Å². The van der Waals surface area contributed by atoms with E-state index in [-0.39, 0.29) is 5.65 Å². The first-order chi connectivity index (χ1) is 7.57. The second kappa shape index (κ2) is 3.51. The van der Waals surface area contributed by atoms with Gasteiger partial charge in [0.05, 0.1) is 0 Å². The van der Waals surface area contributed by atoms with E-state index in [2.05, 4.69) is 10.5 Å². The van der Waals surface area contributed by atoms with E-state index in [4.69, 9.17) is 4.52 Å². The van der Waals surface area contributed by atoms with Gasteiger partial charge in [0.1, 0.15) is 5.39 Å². The highest BCUT2D eigenvalue weighted by molar-refractivity contribution is 5.84. The van der Waals surface area contributed by atoms with E-state index in [1.54, 1.807) is 7.05 Å². The Balaban J connectivity index is 2.95. The average molecular weight is 224 g/mol. The molecule has 2 heterocycles. The van der Waals surface area contributed by atoms with Crippen LogP contribution in [0.3, 0.4) is 0 Å². The van der Waals surface area contributed by atoms with Crippen LogP contribution in [0, 0.1) is 0 Å². The van der Waals surface area contributed by atoms with Gasteiger partial charge in [0.2, 0.25) is 5.88 Å². The predicted molar refractivity (Wildman–Crippen MR) is 58.7 cm³/mol. The van der Waals surface area contributed by atoms with E-state index >= 15 is 0 Å². The van der Waals surface area contributed by atoms with Crippen LogP contribution in [-0.2, 0) is 14.1 Å². The molecular weight excluding hydrogens is 212 g/mol. The number of rotatable bonds is 2. The molecule has 7 nitrogen and oxygen atoms in total. The van der Waals surface area contributed by atoms with Crippen molar-refractivity contribution in [2.24, 2.45) is 14.1 Å². The van der Waals surface area contributed by atoms with Crippen molar-refractivity contribution in [3.8, 4) is 0 Å². The van der Waals surface area contributed by atoms with E-state index in [0.717, 1.165) is 4.57 Å². The van der Waals surface area contributed by atoms with Crippen LogP contribution in [0.1, 0.15) is 6.92 Å². The van der Waals surface area contributed by atoms with Crippen LogP contribution < -0.4 is 16.6 Å². The van der Waals surface area contributed by atoms with Gasteiger partial charge in [-0.1, -0.05) is 5.16 Å². The van der Waals surface area contributed by atoms with Crippen LogP contribution in [0.25, 0.3) is 11.0 Å². The fourth-order valence-corrected chi connectivity index (χ4v) is 1.55. The molecular formula is C9H12N4O3. The van der Waals surface area contributed by atoms with Crippen LogP contribution in [0.5, 0.6) is 0 Å². The van der Waals surface area contributed by atoms with Crippen molar-refractivity contribution in [2.75, 3.05) is 11.9 Å². The summed E-state index contributed by atoms with van der Waals surface area (Å²) in [7, 11) is 2.97. The first kappa shape index (κ1) is 10.5. The number of aromatic nitrogens is 3. The highest BCUT2D eigenvalue weighted by atomic mass is 16.5. The normalized spacial score (nSPS) is 10.9. The Hall–Kier alpha value is -2.05. The zero-order chi connectivity index (χ0) is 11.9. The molecule has 2 aromatic rings. The molecule has 0 bridgehead atoms. The Kier molecular flexibility index (Phi) is 2.30. The molecule has 0 radical (unpaired) electrons. The Morgan fingerprint density at radius 1 is 1.31 bits per heavy atom. The van der Waals surface area contributed by atoms with Crippen LogP contribution in [-0.4, -0.2) is 20.8 Å². The van der Waals surface area contributed by atoms with Gasteiger partial charge in [0.25, 0.3) is 5.56 Å². The molecule has 2 aromatic heterocycles. The van der Waals surface area contributed by atoms with Gasteiger partial charge >= 0.3 is 5.69 Å². The van der Waals surface area contributed by atoms with Crippen molar-refractivity contribution in [3.05, 3.63) is 20.8 Å². The third-order valence-corrected chi connectivity index (χ3v) is 2.42. The average Bonchev–Trinajstić information content (AvgIpc) is 2.68.